The predicted octanol–water partition coefficient (Wildman–Crippen LogP) is 4.63. The highest BCUT2D eigenvalue weighted by Gasteiger charge is 2.37. The number of hydrogen-bond donors (Lipinski definition) is 0. The molecule has 0 saturated carbocycles. The lowest BCUT2D eigenvalue weighted by atomic mass is 10.0. The summed E-state index contributed by atoms with van der Waals surface area (Å²) in [6, 6.07) is 9.46. The predicted molar refractivity (Wildman–Crippen MR) is 120 cm³/mol. The molecule has 8 heteroatoms. The van der Waals surface area contributed by atoms with Crippen LogP contribution in [0.4, 0.5) is 4.79 Å². The summed E-state index contributed by atoms with van der Waals surface area (Å²) < 4.78 is 16.5. The van der Waals surface area contributed by atoms with Gasteiger partial charge in [-0.05, 0) is 74.5 Å². The van der Waals surface area contributed by atoms with Gasteiger partial charge in [0.2, 0.25) is 0 Å². The normalized spacial score (nSPS) is 15.3. The molecule has 31 heavy (non-hydrogen) atoms. The fourth-order valence-electron chi connectivity index (χ4n) is 3.19. The summed E-state index contributed by atoms with van der Waals surface area (Å²) in [4.78, 5) is 38.3. The molecule has 0 aliphatic carbocycles. The third-order valence-electron chi connectivity index (χ3n) is 4.41. The summed E-state index contributed by atoms with van der Waals surface area (Å²) in [5, 5.41) is 1.27. The zero-order valence-electron chi connectivity index (χ0n) is 18.0. The largest absolute Gasteiger partial charge is 0.494 e. The highest BCUT2D eigenvalue weighted by Crippen LogP contribution is 2.37. The zero-order chi connectivity index (χ0) is 22.5. The minimum absolute atomic E-state index is 0.220. The van der Waals surface area contributed by atoms with Crippen molar-refractivity contribution in [3.63, 3.8) is 0 Å². The van der Waals surface area contributed by atoms with Crippen molar-refractivity contribution in [3.8, 4) is 11.5 Å². The van der Waals surface area contributed by atoms with Gasteiger partial charge in [-0.1, -0.05) is 12.1 Å². The third-order valence-corrected chi connectivity index (χ3v) is 5.32. The first-order valence-electron chi connectivity index (χ1n) is 10.1. The molecule has 0 N–H and O–H groups in total. The Morgan fingerprint density at radius 1 is 1.10 bits per heavy atom. The second-order valence-corrected chi connectivity index (χ2v) is 8.03. The van der Waals surface area contributed by atoms with Crippen molar-refractivity contribution in [2.75, 3.05) is 19.8 Å². The fourth-order valence-corrected chi connectivity index (χ4v) is 4.01. The Morgan fingerprint density at radius 3 is 2.48 bits per heavy atom. The minimum atomic E-state index is -0.625. The van der Waals surface area contributed by atoms with Crippen LogP contribution in [0.25, 0.3) is 16.8 Å². The average molecular weight is 444 g/mol. The summed E-state index contributed by atoms with van der Waals surface area (Å²) in [7, 11) is 0. The van der Waals surface area contributed by atoms with Gasteiger partial charge in [0.05, 0.1) is 24.2 Å². The Kier molecular flexibility index (Phi) is 7.22. The summed E-state index contributed by atoms with van der Waals surface area (Å²) >= 11 is 0.791. The van der Waals surface area contributed by atoms with Gasteiger partial charge in [0.1, 0.15) is 18.0 Å². The Labute approximate surface area is 185 Å². The first-order chi connectivity index (χ1) is 14.8. The van der Waals surface area contributed by atoms with Gasteiger partial charge in [0, 0.05) is 5.56 Å². The van der Waals surface area contributed by atoms with Gasteiger partial charge in [0.15, 0.2) is 0 Å². The minimum Gasteiger partial charge on any atom is -0.494 e. The monoisotopic (exact) mass is 443 g/mol. The molecular formula is C23H25NO6S. The second-order valence-electron chi connectivity index (χ2n) is 7.03. The molecule has 0 atom stereocenters. The van der Waals surface area contributed by atoms with Crippen LogP contribution in [0, 0.1) is 0 Å². The lowest BCUT2D eigenvalue weighted by Gasteiger charge is -2.14. The second kappa shape index (κ2) is 9.87. The molecule has 7 nitrogen and oxygen atoms in total. The van der Waals surface area contributed by atoms with Gasteiger partial charge >= 0.3 is 5.97 Å². The number of rotatable bonds is 8. The number of esters is 1. The van der Waals surface area contributed by atoms with E-state index in [1.54, 1.807) is 19.9 Å². The van der Waals surface area contributed by atoms with Crippen molar-refractivity contribution in [1.82, 2.24) is 4.90 Å². The quantitative estimate of drug-likeness (QED) is 0.435. The first-order valence-corrected chi connectivity index (χ1v) is 10.9. The van der Waals surface area contributed by atoms with E-state index in [-0.39, 0.29) is 11.0 Å². The number of amides is 2. The standard InChI is InChI=1S/C23H25NO6S/c1-5-28-16-9-7-15-8-10-19(29-6-2)18(17(15)11-16)12-20-22(26)24(23(27)31-20)13-21(25)30-14(3)4/h7-12,14H,5-6,13H2,1-4H3/b20-12-. The molecule has 1 aliphatic heterocycles. The van der Waals surface area contributed by atoms with E-state index in [9.17, 15) is 14.4 Å². The molecule has 3 rings (SSSR count). The van der Waals surface area contributed by atoms with E-state index in [0.717, 1.165) is 27.4 Å². The summed E-state index contributed by atoms with van der Waals surface area (Å²) in [5.41, 5.74) is 0.677. The van der Waals surface area contributed by atoms with Crippen LogP contribution in [0.5, 0.6) is 11.5 Å². The molecule has 2 aromatic carbocycles. The maximum Gasteiger partial charge on any atom is 0.326 e. The first kappa shape index (κ1) is 22.7. The number of imide groups is 1. The Bertz CT molecular complexity index is 1040. The number of carbonyl (C=O) groups excluding carboxylic acids is 3. The Balaban J connectivity index is 2.01. The van der Waals surface area contributed by atoms with E-state index in [0.29, 0.717) is 30.3 Å². The number of fused-ring (bicyclic) bond motifs is 1. The number of benzene rings is 2. The fraction of sp³-hybridized carbons (Fsp3) is 0.348. The van der Waals surface area contributed by atoms with Gasteiger partial charge < -0.3 is 14.2 Å². The molecule has 1 fully saturated rings. The van der Waals surface area contributed by atoms with Crippen molar-refractivity contribution in [1.29, 1.82) is 0 Å². The molecule has 0 aromatic heterocycles. The van der Waals surface area contributed by atoms with Crippen LogP contribution in [0.3, 0.4) is 0 Å². The van der Waals surface area contributed by atoms with Crippen molar-refractivity contribution in [3.05, 3.63) is 40.8 Å². The molecule has 0 bridgehead atoms. The number of thioether (sulfide) groups is 1. The maximum absolute atomic E-state index is 12.9. The molecule has 2 aromatic rings. The van der Waals surface area contributed by atoms with Crippen LogP contribution in [0.15, 0.2) is 35.2 Å². The van der Waals surface area contributed by atoms with Crippen molar-refractivity contribution >= 4 is 45.7 Å². The van der Waals surface area contributed by atoms with Crippen LogP contribution in [0.1, 0.15) is 33.3 Å². The van der Waals surface area contributed by atoms with E-state index in [4.69, 9.17) is 14.2 Å². The van der Waals surface area contributed by atoms with Crippen LogP contribution in [0.2, 0.25) is 0 Å². The Morgan fingerprint density at radius 2 is 1.81 bits per heavy atom. The lowest BCUT2D eigenvalue weighted by molar-refractivity contribution is -0.149. The van der Waals surface area contributed by atoms with E-state index >= 15 is 0 Å². The molecule has 1 aliphatic rings. The lowest BCUT2D eigenvalue weighted by Crippen LogP contribution is -2.35. The summed E-state index contributed by atoms with van der Waals surface area (Å²) in [6.45, 7) is 7.75. The average Bonchev–Trinajstić information content (AvgIpc) is 2.97. The molecule has 164 valence electrons. The van der Waals surface area contributed by atoms with Gasteiger partial charge in [0.25, 0.3) is 11.1 Å². The number of nitrogens with zero attached hydrogens (tertiary/aromatic N) is 1. The smallest absolute Gasteiger partial charge is 0.326 e. The number of hydrogen-bond acceptors (Lipinski definition) is 7. The summed E-state index contributed by atoms with van der Waals surface area (Å²) in [6.07, 6.45) is 1.31. The van der Waals surface area contributed by atoms with Gasteiger partial charge in [-0.2, -0.15) is 0 Å². The molecular weight excluding hydrogens is 418 g/mol. The van der Waals surface area contributed by atoms with E-state index in [1.165, 1.54) is 0 Å². The molecule has 0 radical (unpaired) electrons. The topological polar surface area (TPSA) is 82.1 Å². The number of ether oxygens (including phenoxy) is 3. The van der Waals surface area contributed by atoms with Crippen molar-refractivity contribution in [2.45, 2.75) is 33.8 Å². The van der Waals surface area contributed by atoms with Crippen LogP contribution in [-0.2, 0) is 14.3 Å². The van der Waals surface area contributed by atoms with Gasteiger partial charge in [-0.25, -0.2) is 0 Å². The maximum atomic E-state index is 12.9. The highest BCUT2D eigenvalue weighted by atomic mass is 32.2. The zero-order valence-corrected chi connectivity index (χ0v) is 18.8. The van der Waals surface area contributed by atoms with Crippen LogP contribution in [-0.4, -0.2) is 47.9 Å². The summed E-state index contributed by atoms with van der Waals surface area (Å²) in [5.74, 6) is 0.133. The molecule has 1 heterocycles. The third kappa shape index (κ3) is 5.19. The Hall–Kier alpha value is -3.00. The van der Waals surface area contributed by atoms with E-state index in [2.05, 4.69) is 0 Å². The molecule has 2 amide bonds. The van der Waals surface area contributed by atoms with Crippen LogP contribution >= 0.6 is 11.8 Å². The van der Waals surface area contributed by atoms with Crippen molar-refractivity contribution in [2.24, 2.45) is 0 Å². The SMILES string of the molecule is CCOc1ccc2ccc(OCC)c(/C=C3\SC(=O)N(CC(=O)OC(C)C)C3=O)c2c1. The van der Waals surface area contributed by atoms with Crippen LogP contribution < -0.4 is 9.47 Å². The van der Waals surface area contributed by atoms with Gasteiger partial charge in [-0.3, -0.25) is 19.3 Å². The number of carbonyl (C=O) groups is 3. The highest BCUT2D eigenvalue weighted by molar-refractivity contribution is 8.18. The molecule has 0 unspecified atom stereocenters. The van der Waals surface area contributed by atoms with Crippen molar-refractivity contribution < 1.29 is 28.6 Å². The molecule has 1 saturated heterocycles. The van der Waals surface area contributed by atoms with E-state index < -0.39 is 23.7 Å². The molecule has 0 spiro atoms. The van der Waals surface area contributed by atoms with E-state index in [1.807, 2.05) is 44.2 Å². The van der Waals surface area contributed by atoms with Gasteiger partial charge in [-0.15, -0.1) is 0 Å².